The molecular weight excluding hydrogens is 701 g/mol. The van der Waals surface area contributed by atoms with Crippen molar-refractivity contribution < 1.29 is 37.5 Å². The van der Waals surface area contributed by atoms with E-state index in [1.165, 1.54) is 17.2 Å². The van der Waals surface area contributed by atoms with E-state index >= 15 is 0 Å². The summed E-state index contributed by atoms with van der Waals surface area (Å²) in [6, 6.07) is 18.8. The lowest BCUT2D eigenvalue weighted by atomic mass is 10.1. The van der Waals surface area contributed by atoms with E-state index in [4.69, 9.17) is 39.5 Å². The number of phosphoric ester groups is 1. The molecule has 2 fully saturated rings. The highest BCUT2D eigenvalue weighted by Crippen LogP contribution is 2.49. The fourth-order valence-electron chi connectivity index (χ4n) is 6.05. The van der Waals surface area contributed by atoms with Gasteiger partial charge >= 0.3 is 13.5 Å². The van der Waals surface area contributed by atoms with Crippen LogP contribution in [0.25, 0.3) is 11.2 Å². The van der Waals surface area contributed by atoms with Crippen LogP contribution in [0.5, 0.6) is 0 Å². The van der Waals surface area contributed by atoms with Gasteiger partial charge in [0.25, 0.3) is 5.56 Å². The van der Waals surface area contributed by atoms with Gasteiger partial charge in [-0.2, -0.15) is 9.97 Å². The highest BCUT2D eigenvalue weighted by Gasteiger charge is 2.44. The number of ether oxygens (including phenoxy) is 4. The predicted molar refractivity (Wildman–Crippen MR) is 182 cm³/mol. The van der Waals surface area contributed by atoms with Gasteiger partial charge in [-0.25, -0.2) is 19.3 Å². The van der Waals surface area contributed by atoms with Crippen LogP contribution in [0.1, 0.15) is 36.4 Å². The highest BCUT2D eigenvalue weighted by atomic mass is 31.2. The maximum absolute atomic E-state index is 13.5. The molecule has 0 radical (unpaired) electrons. The first-order valence-electron chi connectivity index (χ1n) is 16.3. The molecule has 2 aliphatic rings. The molecule has 2 aliphatic heterocycles. The van der Waals surface area contributed by atoms with Crippen molar-refractivity contribution in [1.82, 2.24) is 34.1 Å². The van der Waals surface area contributed by atoms with Gasteiger partial charge in [0, 0.05) is 12.8 Å². The van der Waals surface area contributed by atoms with Gasteiger partial charge in [0.2, 0.25) is 11.9 Å². The molecule has 6 N–H and O–H groups in total. The number of nitrogens with zero attached hydrogens (tertiary/aromatic N) is 6. The van der Waals surface area contributed by atoms with Crippen LogP contribution in [0, 0.1) is 0 Å². The number of benzene rings is 2. The second-order valence-electron chi connectivity index (χ2n) is 12.2. The van der Waals surface area contributed by atoms with E-state index in [0.717, 1.165) is 15.7 Å². The Morgan fingerprint density at radius 3 is 2.19 bits per heavy atom. The Morgan fingerprint density at radius 2 is 1.48 bits per heavy atom. The van der Waals surface area contributed by atoms with Crippen molar-refractivity contribution in [2.24, 2.45) is 0 Å². The molecule has 3 unspecified atom stereocenters. The quantitative estimate of drug-likeness (QED) is 0.119. The van der Waals surface area contributed by atoms with E-state index < -0.39 is 62.6 Å². The summed E-state index contributed by atoms with van der Waals surface area (Å²) in [5.74, 6) is -0.302. The Kier molecular flexibility index (Phi) is 10.5. The number of aromatic amines is 1. The third-order valence-electron chi connectivity index (χ3n) is 8.55. The number of hydrogen-bond acceptors (Lipinski definition) is 15. The fraction of sp³-hybridized carbons (Fsp3) is 0.375. The highest BCUT2D eigenvalue weighted by molar-refractivity contribution is 7.47. The molecular formula is C32H36N9O10P. The van der Waals surface area contributed by atoms with Gasteiger partial charge in [-0.3, -0.25) is 28.0 Å². The topological polar surface area (TPSA) is 256 Å². The summed E-state index contributed by atoms with van der Waals surface area (Å²) in [5, 5.41) is 0. The molecule has 52 heavy (non-hydrogen) atoms. The minimum Gasteiger partial charge on any atom is -0.374 e. The largest absolute Gasteiger partial charge is 0.472 e. The van der Waals surface area contributed by atoms with Crippen molar-refractivity contribution in [2.45, 2.75) is 62.9 Å². The second-order valence-corrected chi connectivity index (χ2v) is 13.6. The zero-order valence-electron chi connectivity index (χ0n) is 27.5. The number of imidazole rings is 1. The Labute approximate surface area is 295 Å². The van der Waals surface area contributed by atoms with Crippen LogP contribution in [-0.4, -0.2) is 76.6 Å². The zero-order valence-corrected chi connectivity index (χ0v) is 28.4. The first kappa shape index (κ1) is 35.5. The van der Waals surface area contributed by atoms with Gasteiger partial charge < -0.3 is 35.3 Å². The molecule has 5 heterocycles. The summed E-state index contributed by atoms with van der Waals surface area (Å²) in [6.45, 7) is 0.0114. The number of nitrogen functional groups attached to an aromatic ring is 2. The van der Waals surface area contributed by atoms with Crippen LogP contribution in [0.2, 0.25) is 0 Å². The zero-order chi connectivity index (χ0) is 36.2. The number of phosphoric acid groups is 1. The van der Waals surface area contributed by atoms with Gasteiger partial charge in [-0.1, -0.05) is 60.7 Å². The molecule has 0 saturated carbocycles. The standard InChI is InChI=1S/C32H36N9O10P/c33-30-36-18-41(32(43)39-30)26-11-21(47-14-20-9-5-2-6-10-20)24(50-26)16-48-52(44,45)51-22-12-25(40-17-35-27-28(40)37-31(34)38-29(27)42)49-23(22)15-46-13-19-7-3-1-4-8-19/h1-10,17-18,21-26H,11-16H2,(H,44,45)(H2,33,39,43)(H3,34,37,38,42)/t21?,22?,23-,24-,25-,26-/m1/s1. The van der Waals surface area contributed by atoms with Crippen molar-refractivity contribution in [3.63, 3.8) is 0 Å². The lowest BCUT2D eigenvalue weighted by molar-refractivity contribution is -0.0751. The van der Waals surface area contributed by atoms with Gasteiger partial charge in [0.1, 0.15) is 37.1 Å². The molecule has 0 aliphatic carbocycles. The molecule has 7 atom stereocenters. The Morgan fingerprint density at radius 1 is 0.846 bits per heavy atom. The van der Waals surface area contributed by atoms with Gasteiger partial charge in [0.05, 0.1) is 38.9 Å². The third kappa shape index (κ3) is 8.27. The molecule has 0 bridgehead atoms. The number of H-pyrrole nitrogens is 1. The van der Waals surface area contributed by atoms with Crippen molar-refractivity contribution in [1.29, 1.82) is 0 Å². The minimum atomic E-state index is -4.80. The molecule has 19 nitrogen and oxygen atoms in total. The molecule has 7 rings (SSSR count). The van der Waals surface area contributed by atoms with E-state index in [2.05, 4.69) is 24.9 Å². The monoisotopic (exact) mass is 737 g/mol. The molecule has 20 heteroatoms. The average molecular weight is 738 g/mol. The van der Waals surface area contributed by atoms with Crippen LogP contribution in [0.15, 0.2) is 82.9 Å². The van der Waals surface area contributed by atoms with Crippen LogP contribution < -0.4 is 22.7 Å². The van der Waals surface area contributed by atoms with Crippen LogP contribution in [-0.2, 0) is 45.8 Å². The number of rotatable bonds is 14. The lowest BCUT2D eigenvalue weighted by Gasteiger charge is -2.23. The van der Waals surface area contributed by atoms with Crippen molar-refractivity contribution in [3.05, 3.63) is 105 Å². The summed E-state index contributed by atoms with van der Waals surface area (Å²) in [5.41, 5.74) is 12.1. The lowest BCUT2D eigenvalue weighted by Crippen LogP contribution is -2.31. The number of nitrogens with one attached hydrogen (secondary N) is 1. The van der Waals surface area contributed by atoms with E-state index in [-0.39, 0.29) is 55.7 Å². The second kappa shape index (κ2) is 15.4. The number of hydrogen-bond donors (Lipinski definition) is 4. The summed E-state index contributed by atoms with van der Waals surface area (Å²) in [6.07, 6.45) is -2.29. The summed E-state index contributed by atoms with van der Waals surface area (Å²) in [4.78, 5) is 54.2. The van der Waals surface area contributed by atoms with E-state index in [1.807, 2.05) is 60.7 Å². The maximum Gasteiger partial charge on any atom is 0.472 e. The third-order valence-corrected chi connectivity index (χ3v) is 9.56. The first-order valence-corrected chi connectivity index (χ1v) is 17.8. The molecule has 274 valence electrons. The van der Waals surface area contributed by atoms with Crippen LogP contribution in [0.3, 0.4) is 0 Å². The van der Waals surface area contributed by atoms with Crippen LogP contribution in [0.4, 0.5) is 11.9 Å². The van der Waals surface area contributed by atoms with E-state index in [9.17, 15) is 19.0 Å². The number of nitrogens with two attached hydrogens (primary N) is 2. The average Bonchev–Trinajstić information content (AvgIpc) is 3.84. The molecule has 2 aromatic carbocycles. The fourth-order valence-corrected chi connectivity index (χ4v) is 7.01. The maximum atomic E-state index is 13.5. The summed E-state index contributed by atoms with van der Waals surface area (Å²) < 4.78 is 51.8. The minimum absolute atomic E-state index is 0.0138. The van der Waals surface area contributed by atoms with Crippen LogP contribution >= 0.6 is 7.82 Å². The number of anilines is 2. The van der Waals surface area contributed by atoms with Crippen molar-refractivity contribution in [3.8, 4) is 0 Å². The van der Waals surface area contributed by atoms with Gasteiger partial charge in [0.15, 0.2) is 11.2 Å². The SMILES string of the molecule is Nc1ncn([C@H]2CC(OCc3ccccc3)[C@@H](COP(=O)(O)OC3C[C@H](n4cnc5c(=O)[nH]c(N)nc54)O[C@@H]3COCc3ccccc3)O2)c(=O)n1. The Balaban J connectivity index is 1.06. The van der Waals surface area contributed by atoms with Gasteiger partial charge in [-0.05, 0) is 11.1 Å². The molecule has 2 saturated heterocycles. The smallest absolute Gasteiger partial charge is 0.374 e. The molecule has 3 aromatic heterocycles. The van der Waals surface area contributed by atoms with E-state index in [0.29, 0.717) is 0 Å². The molecule has 0 spiro atoms. The van der Waals surface area contributed by atoms with Gasteiger partial charge in [-0.15, -0.1) is 0 Å². The van der Waals surface area contributed by atoms with E-state index in [1.54, 1.807) is 0 Å². The predicted octanol–water partition coefficient (Wildman–Crippen LogP) is 1.82. The summed E-state index contributed by atoms with van der Waals surface area (Å²) >= 11 is 0. The first-order chi connectivity index (χ1) is 25.1. The molecule has 5 aromatic rings. The molecule has 0 amide bonds. The Bertz CT molecular complexity index is 2150. The number of fused-ring (bicyclic) bond motifs is 1. The van der Waals surface area contributed by atoms with Crippen molar-refractivity contribution >= 4 is 30.9 Å². The number of aromatic nitrogens is 7. The summed E-state index contributed by atoms with van der Waals surface area (Å²) in [7, 11) is -4.80. The van der Waals surface area contributed by atoms with Crippen molar-refractivity contribution in [2.75, 3.05) is 24.7 Å². The Hall–Kier alpha value is -4.85. The normalized spacial score (nSPS) is 24.3.